The molecule has 150 valence electrons. The lowest BCUT2D eigenvalue weighted by atomic mass is 10.1. The highest BCUT2D eigenvalue weighted by Crippen LogP contribution is 2.48. The van der Waals surface area contributed by atoms with Gasteiger partial charge < -0.3 is 14.1 Å². The van der Waals surface area contributed by atoms with Gasteiger partial charge in [-0.1, -0.05) is 5.16 Å². The number of hydrogen-bond acceptors (Lipinski definition) is 7. The van der Waals surface area contributed by atoms with E-state index in [4.69, 9.17) is 21.2 Å². The highest BCUT2D eigenvalue weighted by atomic mass is 35.5. The van der Waals surface area contributed by atoms with Crippen LogP contribution in [0.4, 0.5) is 5.69 Å². The molecule has 0 saturated carbocycles. The Labute approximate surface area is 180 Å². The van der Waals surface area contributed by atoms with E-state index in [2.05, 4.69) is 9.72 Å². The first-order valence-corrected chi connectivity index (χ1v) is 11.2. The normalized spacial score (nSPS) is 13.5. The third-order valence-corrected chi connectivity index (χ3v) is 6.82. The molecule has 2 aromatic heterocycles. The van der Waals surface area contributed by atoms with Crippen LogP contribution in [-0.4, -0.2) is 40.7 Å². The number of aromatic nitrogens is 1. The van der Waals surface area contributed by atoms with Crippen LogP contribution < -0.4 is 0 Å². The number of nitro groups is 1. The Hall–Kier alpha value is -2.33. The molecule has 0 unspecified atom stereocenters. The molecule has 0 saturated heterocycles. The van der Waals surface area contributed by atoms with Gasteiger partial charge in [-0.3, -0.25) is 10.1 Å². The third kappa shape index (κ3) is 3.66. The highest BCUT2D eigenvalue weighted by molar-refractivity contribution is 8.00. The van der Waals surface area contributed by atoms with Crippen LogP contribution in [0.5, 0.6) is 0 Å². The largest absolute Gasteiger partial charge is 0.366 e. The van der Waals surface area contributed by atoms with E-state index in [0.29, 0.717) is 12.5 Å². The van der Waals surface area contributed by atoms with E-state index in [-0.39, 0.29) is 12.5 Å². The number of ether oxygens (including phenoxy) is 1. The van der Waals surface area contributed by atoms with E-state index in [1.165, 1.54) is 12.1 Å². The summed E-state index contributed by atoms with van der Waals surface area (Å²) < 4.78 is 8.41. The zero-order chi connectivity index (χ0) is 20.4. The van der Waals surface area contributed by atoms with E-state index in [1.54, 1.807) is 35.2 Å². The Balaban J connectivity index is 1.77. The fraction of sp³-hybridized carbons (Fsp3) is 0.211. The Morgan fingerprint density at radius 1 is 1.31 bits per heavy atom. The van der Waals surface area contributed by atoms with Gasteiger partial charge in [0.25, 0.3) is 5.69 Å². The van der Waals surface area contributed by atoms with Crippen molar-refractivity contribution in [2.75, 3.05) is 25.5 Å². The van der Waals surface area contributed by atoms with E-state index in [0.717, 1.165) is 37.3 Å². The van der Waals surface area contributed by atoms with Crippen molar-refractivity contribution in [3.63, 3.8) is 0 Å². The van der Waals surface area contributed by atoms with Gasteiger partial charge >= 0.3 is 0 Å². The van der Waals surface area contributed by atoms with Gasteiger partial charge in [-0.25, -0.2) is 0 Å². The summed E-state index contributed by atoms with van der Waals surface area (Å²) in [5.41, 5.74) is 4.71. The number of nitro benzene ring substituents is 1. The standard InChI is InChI=1S/C19H16ClN3O4S2/c1-28-19-15(12-4-6-13(7-5-12)23(24)25)17-18(29-19)16(14-3-2-9-22(14)17)21-27-11-26-10-8-20/h2-7,9H,8,10-11H2,1H3. The maximum Gasteiger partial charge on any atom is 0.269 e. The SMILES string of the molecule is CSc1sc2c(c1-c1ccc([N+](=O)[O-])cc1)-n1cccc1C2=NOCOCCCl. The average molecular weight is 450 g/mol. The van der Waals surface area contributed by atoms with Gasteiger partial charge in [0.2, 0.25) is 6.79 Å². The summed E-state index contributed by atoms with van der Waals surface area (Å²) in [6.07, 6.45) is 3.99. The molecule has 0 aliphatic carbocycles. The van der Waals surface area contributed by atoms with Crippen molar-refractivity contribution in [3.05, 3.63) is 63.3 Å². The topological polar surface area (TPSA) is 78.9 Å². The molecule has 29 heavy (non-hydrogen) atoms. The van der Waals surface area contributed by atoms with Crippen molar-refractivity contribution in [3.8, 4) is 16.8 Å². The van der Waals surface area contributed by atoms with Crippen LogP contribution in [0.15, 0.2) is 52.0 Å². The Bertz CT molecular complexity index is 1080. The first-order valence-electron chi connectivity index (χ1n) is 8.63. The molecule has 1 aromatic carbocycles. The number of non-ortho nitro benzene ring substituents is 1. The summed E-state index contributed by atoms with van der Waals surface area (Å²) in [7, 11) is 0. The lowest BCUT2D eigenvalue weighted by Crippen LogP contribution is -2.03. The average Bonchev–Trinajstić information content (AvgIpc) is 3.40. The number of thiophene rings is 1. The number of oxime groups is 1. The predicted molar refractivity (Wildman–Crippen MR) is 116 cm³/mol. The van der Waals surface area contributed by atoms with E-state index < -0.39 is 4.92 Å². The number of thioether (sulfide) groups is 1. The minimum atomic E-state index is -0.393. The molecule has 1 aliphatic heterocycles. The van der Waals surface area contributed by atoms with Crippen LogP contribution in [0.25, 0.3) is 16.8 Å². The van der Waals surface area contributed by atoms with E-state index in [9.17, 15) is 10.1 Å². The fourth-order valence-electron chi connectivity index (χ4n) is 3.16. The molecule has 3 heterocycles. The van der Waals surface area contributed by atoms with Crippen molar-refractivity contribution >= 4 is 46.1 Å². The zero-order valence-electron chi connectivity index (χ0n) is 15.3. The van der Waals surface area contributed by atoms with Crippen molar-refractivity contribution in [2.45, 2.75) is 4.21 Å². The molecule has 0 radical (unpaired) electrons. The first-order chi connectivity index (χ1) is 14.2. The van der Waals surface area contributed by atoms with Gasteiger partial charge in [-0.05, 0) is 36.1 Å². The van der Waals surface area contributed by atoms with Crippen LogP contribution in [-0.2, 0) is 9.57 Å². The molecule has 7 nitrogen and oxygen atoms in total. The van der Waals surface area contributed by atoms with Crippen molar-refractivity contribution in [2.24, 2.45) is 5.16 Å². The van der Waals surface area contributed by atoms with Crippen LogP contribution in [0.1, 0.15) is 10.6 Å². The van der Waals surface area contributed by atoms with Crippen LogP contribution in [0.3, 0.4) is 0 Å². The summed E-state index contributed by atoms with van der Waals surface area (Å²) >= 11 is 8.85. The molecule has 4 rings (SSSR count). The number of hydrogen-bond donors (Lipinski definition) is 0. The second-order valence-electron chi connectivity index (χ2n) is 6.00. The van der Waals surface area contributed by atoms with Crippen LogP contribution in [0, 0.1) is 10.1 Å². The summed E-state index contributed by atoms with van der Waals surface area (Å²) in [6.45, 7) is 0.427. The predicted octanol–water partition coefficient (Wildman–Crippen LogP) is 5.13. The number of fused-ring (bicyclic) bond motifs is 3. The summed E-state index contributed by atoms with van der Waals surface area (Å²) in [5, 5.41) is 15.3. The first kappa shape index (κ1) is 20.0. The van der Waals surface area contributed by atoms with Crippen molar-refractivity contribution < 1.29 is 14.5 Å². The minimum Gasteiger partial charge on any atom is -0.366 e. The van der Waals surface area contributed by atoms with Crippen LogP contribution in [0.2, 0.25) is 0 Å². The monoisotopic (exact) mass is 449 g/mol. The van der Waals surface area contributed by atoms with Gasteiger partial charge in [0.1, 0.15) is 5.71 Å². The Morgan fingerprint density at radius 2 is 2.10 bits per heavy atom. The van der Waals surface area contributed by atoms with Gasteiger partial charge in [0.05, 0.1) is 32.0 Å². The molecule has 3 aromatic rings. The Kier molecular flexibility index (Phi) is 5.91. The van der Waals surface area contributed by atoms with Gasteiger partial charge in [-0.15, -0.1) is 34.7 Å². The van der Waals surface area contributed by atoms with Crippen molar-refractivity contribution in [1.29, 1.82) is 0 Å². The lowest BCUT2D eigenvalue weighted by Gasteiger charge is -2.07. The highest BCUT2D eigenvalue weighted by Gasteiger charge is 2.33. The summed E-state index contributed by atoms with van der Waals surface area (Å²) in [4.78, 5) is 17.0. The molecular weight excluding hydrogens is 434 g/mol. The third-order valence-electron chi connectivity index (χ3n) is 4.36. The summed E-state index contributed by atoms with van der Waals surface area (Å²) in [6, 6.07) is 10.6. The van der Waals surface area contributed by atoms with Gasteiger partial charge in [-0.2, -0.15) is 0 Å². The number of nitrogens with zero attached hydrogens (tertiary/aromatic N) is 3. The number of benzene rings is 1. The second kappa shape index (κ2) is 8.58. The smallest absolute Gasteiger partial charge is 0.269 e. The molecule has 0 spiro atoms. The van der Waals surface area contributed by atoms with Crippen molar-refractivity contribution in [1.82, 2.24) is 4.57 Å². The zero-order valence-corrected chi connectivity index (χ0v) is 17.7. The molecule has 0 bridgehead atoms. The quantitative estimate of drug-likeness (QED) is 0.0930. The molecule has 10 heteroatoms. The molecule has 1 aliphatic rings. The minimum absolute atomic E-state index is 0.0300. The Morgan fingerprint density at radius 3 is 2.79 bits per heavy atom. The molecule has 0 amide bonds. The number of halogens is 1. The van der Waals surface area contributed by atoms with Gasteiger partial charge in [0.15, 0.2) is 0 Å². The van der Waals surface area contributed by atoms with Crippen LogP contribution >= 0.6 is 34.7 Å². The molecular formula is C19H16ClN3O4S2. The van der Waals surface area contributed by atoms with Gasteiger partial charge in [0, 0.05) is 29.8 Å². The second-order valence-corrected chi connectivity index (χ2v) is 8.47. The van der Waals surface area contributed by atoms with E-state index in [1.807, 2.05) is 24.6 Å². The molecule has 0 atom stereocenters. The maximum atomic E-state index is 11.0. The summed E-state index contributed by atoms with van der Waals surface area (Å²) in [5.74, 6) is 0.396. The fourth-order valence-corrected chi connectivity index (χ4v) is 5.30. The number of rotatable bonds is 8. The maximum absolute atomic E-state index is 11.0. The lowest BCUT2D eigenvalue weighted by molar-refractivity contribution is -0.384. The van der Waals surface area contributed by atoms with E-state index >= 15 is 0 Å². The number of alkyl halides is 1. The molecule has 0 N–H and O–H groups in total. The molecule has 0 fully saturated rings.